The van der Waals surface area contributed by atoms with Crippen LogP contribution in [0.3, 0.4) is 0 Å². The van der Waals surface area contributed by atoms with Crippen molar-refractivity contribution in [3.8, 4) is 0 Å². The van der Waals surface area contributed by atoms with Crippen LogP contribution >= 0.6 is 0 Å². The van der Waals surface area contributed by atoms with E-state index in [0.717, 1.165) is 17.6 Å². The van der Waals surface area contributed by atoms with Gasteiger partial charge in [0.1, 0.15) is 0 Å². The van der Waals surface area contributed by atoms with Crippen LogP contribution in [0.25, 0.3) is 0 Å². The molecule has 0 amide bonds. The monoisotopic (exact) mass is 352 g/mol. The van der Waals surface area contributed by atoms with Gasteiger partial charge in [0.15, 0.2) is 5.60 Å². The third-order valence-electron chi connectivity index (χ3n) is 4.28. The lowest BCUT2D eigenvalue weighted by Gasteiger charge is -2.31. The number of carbonyl (C=O) groups excluding carboxylic acids is 2. The Morgan fingerprint density at radius 3 is 2.38 bits per heavy atom. The second-order valence-electron chi connectivity index (χ2n) is 6.10. The Hall–Kier alpha value is -2.68. The molecule has 3 heteroatoms. The van der Waals surface area contributed by atoms with Gasteiger partial charge in [0.2, 0.25) is 5.78 Å². The number of rotatable bonds is 10. The molecule has 138 valence electrons. The highest BCUT2D eigenvalue weighted by atomic mass is 16.6. The first kappa shape index (κ1) is 21.4. The number of benzene rings is 1. The Bertz CT molecular complexity index is 725. The Balaban J connectivity index is 3.14. The fourth-order valence-electron chi connectivity index (χ4n) is 2.82. The zero-order valence-electron chi connectivity index (χ0n) is 16.0. The zero-order chi connectivity index (χ0) is 19.6. The van der Waals surface area contributed by atoms with Crippen LogP contribution < -0.4 is 0 Å². The fraction of sp³-hybridized carbons (Fsp3) is 0.304. The summed E-state index contributed by atoms with van der Waals surface area (Å²) in [6.45, 7) is 13.0. The second-order valence-corrected chi connectivity index (χ2v) is 6.10. The molecule has 1 aromatic carbocycles. The third kappa shape index (κ3) is 5.41. The van der Waals surface area contributed by atoms with Crippen molar-refractivity contribution in [3.05, 3.63) is 84.5 Å². The molecule has 0 N–H and O–H groups in total. The number of ether oxygens (including phenoxy) is 1. The molecule has 0 bridgehead atoms. The van der Waals surface area contributed by atoms with Gasteiger partial charge < -0.3 is 4.74 Å². The molecule has 0 aromatic heterocycles. The first-order chi connectivity index (χ1) is 12.4. The lowest BCUT2D eigenvalue weighted by molar-refractivity contribution is -0.150. The molecule has 0 aliphatic carbocycles. The van der Waals surface area contributed by atoms with Crippen molar-refractivity contribution < 1.29 is 14.3 Å². The van der Waals surface area contributed by atoms with E-state index in [1.54, 1.807) is 30.4 Å². The Kier molecular flexibility index (Phi) is 8.50. The molecule has 0 heterocycles. The Morgan fingerprint density at radius 2 is 1.85 bits per heavy atom. The van der Waals surface area contributed by atoms with Gasteiger partial charge in [-0.1, -0.05) is 75.9 Å². The number of aryl methyl sites for hydroxylation is 1. The molecule has 0 saturated heterocycles. The lowest BCUT2D eigenvalue weighted by Crippen LogP contribution is -2.43. The number of esters is 1. The van der Waals surface area contributed by atoms with E-state index in [4.69, 9.17) is 4.74 Å². The SMILES string of the molecule is C=C/C=C(C=C)/C=C/C(=O)OC(CC)(CCC)C(=O)c1ccccc1C. The maximum atomic E-state index is 13.2. The molecular formula is C23H28O3. The Labute approximate surface area is 156 Å². The molecule has 3 nitrogen and oxygen atoms in total. The minimum Gasteiger partial charge on any atom is -0.447 e. The Morgan fingerprint density at radius 1 is 1.15 bits per heavy atom. The average molecular weight is 352 g/mol. The predicted octanol–water partition coefficient (Wildman–Crippen LogP) is 5.52. The van der Waals surface area contributed by atoms with Gasteiger partial charge in [-0.15, -0.1) is 0 Å². The van der Waals surface area contributed by atoms with Gasteiger partial charge in [0, 0.05) is 11.6 Å². The van der Waals surface area contributed by atoms with Gasteiger partial charge in [-0.3, -0.25) is 4.79 Å². The normalized spacial score (nSPS) is 13.9. The summed E-state index contributed by atoms with van der Waals surface area (Å²) in [7, 11) is 0. The summed E-state index contributed by atoms with van der Waals surface area (Å²) in [6.07, 6.45) is 9.51. The van der Waals surface area contributed by atoms with Crippen molar-refractivity contribution >= 4 is 11.8 Å². The minimum absolute atomic E-state index is 0.146. The molecule has 0 aliphatic rings. The largest absolute Gasteiger partial charge is 0.447 e. The van der Waals surface area contributed by atoms with Gasteiger partial charge in [-0.05, 0) is 37.0 Å². The average Bonchev–Trinajstić information content (AvgIpc) is 2.64. The summed E-state index contributed by atoms with van der Waals surface area (Å²) in [5.41, 5.74) is 1.05. The van der Waals surface area contributed by atoms with Crippen LogP contribution in [0.15, 0.2) is 73.4 Å². The molecule has 0 radical (unpaired) electrons. The smallest absolute Gasteiger partial charge is 0.331 e. The van der Waals surface area contributed by atoms with Gasteiger partial charge in [0.25, 0.3) is 0 Å². The molecular weight excluding hydrogens is 324 g/mol. The number of allylic oxidation sites excluding steroid dienone is 5. The van der Waals surface area contributed by atoms with Crippen LogP contribution in [-0.2, 0) is 9.53 Å². The first-order valence-electron chi connectivity index (χ1n) is 8.90. The van der Waals surface area contributed by atoms with E-state index in [1.807, 2.05) is 39.0 Å². The first-order valence-corrected chi connectivity index (χ1v) is 8.90. The van der Waals surface area contributed by atoms with Gasteiger partial charge >= 0.3 is 5.97 Å². The fourth-order valence-corrected chi connectivity index (χ4v) is 2.82. The van der Waals surface area contributed by atoms with Gasteiger partial charge in [-0.25, -0.2) is 4.79 Å². The number of ketones is 1. The van der Waals surface area contributed by atoms with Crippen LogP contribution in [-0.4, -0.2) is 17.4 Å². The third-order valence-corrected chi connectivity index (χ3v) is 4.28. The van der Waals surface area contributed by atoms with Crippen LogP contribution in [0.2, 0.25) is 0 Å². The molecule has 0 spiro atoms. The van der Waals surface area contributed by atoms with Crippen molar-refractivity contribution in [1.29, 1.82) is 0 Å². The maximum absolute atomic E-state index is 13.2. The standard InChI is InChI=1S/C23H28O3/c1-6-12-19(8-3)15-16-21(24)26-23(9-4,17-7-2)22(25)20-14-11-10-13-18(20)5/h6,8,10-16H,1,3,7,9,17H2,2,4-5H3/b16-15+,19-12+. The highest BCUT2D eigenvalue weighted by molar-refractivity contribution is 6.05. The number of Topliss-reactive ketones (excluding diaryl/α,β-unsaturated/α-hetero) is 1. The summed E-state index contributed by atoms with van der Waals surface area (Å²) < 4.78 is 5.71. The van der Waals surface area contributed by atoms with Gasteiger partial charge in [0.05, 0.1) is 0 Å². The van der Waals surface area contributed by atoms with Crippen molar-refractivity contribution in [1.82, 2.24) is 0 Å². The predicted molar refractivity (Wildman–Crippen MR) is 107 cm³/mol. The summed E-state index contributed by atoms with van der Waals surface area (Å²) >= 11 is 0. The lowest BCUT2D eigenvalue weighted by atomic mass is 9.84. The maximum Gasteiger partial charge on any atom is 0.331 e. The molecule has 1 unspecified atom stereocenters. The molecule has 1 rings (SSSR count). The van der Waals surface area contributed by atoms with E-state index in [2.05, 4.69) is 13.2 Å². The minimum atomic E-state index is -1.15. The molecule has 0 saturated carbocycles. The topological polar surface area (TPSA) is 43.4 Å². The van der Waals surface area contributed by atoms with Crippen LogP contribution in [0.1, 0.15) is 49.0 Å². The molecule has 1 aromatic rings. The van der Waals surface area contributed by atoms with Crippen molar-refractivity contribution in [2.45, 2.75) is 45.6 Å². The van der Waals surface area contributed by atoms with Crippen molar-refractivity contribution in [2.24, 2.45) is 0 Å². The molecule has 26 heavy (non-hydrogen) atoms. The van der Waals surface area contributed by atoms with E-state index in [1.165, 1.54) is 6.08 Å². The number of hydrogen-bond acceptors (Lipinski definition) is 3. The van der Waals surface area contributed by atoms with Crippen LogP contribution in [0, 0.1) is 6.92 Å². The van der Waals surface area contributed by atoms with E-state index in [-0.39, 0.29) is 5.78 Å². The molecule has 0 aliphatic heterocycles. The molecule has 1 atom stereocenters. The van der Waals surface area contributed by atoms with Crippen LogP contribution in [0.5, 0.6) is 0 Å². The van der Waals surface area contributed by atoms with Crippen molar-refractivity contribution in [2.75, 3.05) is 0 Å². The summed E-state index contributed by atoms with van der Waals surface area (Å²) in [6, 6.07) is 7.38. The highest BCUT2D eigenvalue weighted by Gasteiger charge is 2.40. The molecule has 0 fully saturated rings. The number of carbonyl (C=O) groups is 2. The van der Waals surface area contributed by atoms with Gasteiger partial charge in [-0.2, -0.15) is 0 Å². The zero-order valence-corrected chi connectivity index (χ0v) is 16.0. The number of hydrogen-bond donors (Lipinski definition) is 0. The van der Waals surface area contributed by atoms with E-state index < -0.39 is 11.6 Å². The van der Waals surface area contributed by atoms with E-state index >= 15 is 0 Å². The quantitative estimate of drug-likeness (QED) is 0.241. The van der Waals surface area contributed by atoms with Crippen molar-refractivity contribution in [3.63, 3.8) is 0 Å². The van der Waals surface area contributed by atoms with Crippen LogP contribution in [0.4, 0.5) is 0 Å². The summed E-state index contributed by atoms with van der Waals surface area (Å²) in [4.78, 5) is 25.6. The highest BCUT2D eigenvalue weighted by Crippen LogP contribution is 2.29. The summed E-state index contributed by atoms with van der Waals surface area (Å²) in [5, 5.41) is 0. The second kappa shape index (κ2) is 10.3. The van der Waals surface area contributed by atoms with E-state index in [0.29, 0.717) is 18.4 Å². The van der Waals surface area contributed by atoms with E-state index in [9.17, 15) is 9.59 Å². The summed E-state index contributed by atoms with van der Waals surface area (Å²) in [5.74, 6) is -0.689.